The third-order valence-electron chi connectivity index (χ3n) is 6.13. The zero-order valence-corrected chi connectivity index (χ0v) is 19.7. The minimum absolute atomic E-state index is 0.0264. The van der Waals surface area contributed by atoms with Crippen molar-refractivity contribution in [2.75, 3.05) is 17.2 Å². The number of nitrogens with zero attached hydrogens (tertiary/aromatic N) is 3. The van der Waals surface area contributed by atoms with E-state index in [2.05, 4.69) is 15.6 Å². The Bertz CT molecular complexity index is 1330. The summed E-state index contributed by atoms with van der Waals surface area (Å²) < 4.78 is 2.47. The van der Waals surface area contributed by atoms with Crippen molar-refractivity contribution in [1.82, 2.24) is 14.1 Å². The maximum absolute atomic E-state index is 13.5. The SMILES string of the molecule is C[C@@H](CO)[C@H](C)n1c(=O)nc(Nc2ccc3c(c2)CCC(=O)N3)n(Cc2ccc(Cl)cc2)c1=O. The van der Waals surface area contributed by atoms with E-state index in [1.807, 2.05) is 6.07 Å². The third kappa shape index (κ3) is 4.90. The van der Waals surface area contributed by atoms with Crippen molar-refractivity contribution >= 4 is 34.8 Å². The standard InChI is InChI=1S/C24H26ClN5O4/c1-14(13-31)15(2)30-23(33)28-22(29(24(30)34)12-16-3-6-18(25)7-4-16)26-19-8-9-20-17(11-19)5-10-21(32)27-20/h3-4,6-9,11,14-15,31H,5,10,12-13H2,1-2H3,(H,27,32)(H,26,28,33)/t14-,15-/m0/s1. The fourth-order valence-electron chi connectivity index (χ4n) is 3.86. The highest BCUT2D eigenvalue weighted by Crippen LogP contribution is 2.27. The first-order chi connectivity index (χ1) is 16.3. The second kappa shape index (κ2) is 9.82. The second-order valence-electron chi connectivity index (χ2n) is 8.53. The van der Waals surface area contributed by atoms with Gasteiger partial charge < -0.3 is 15.7 Å². The molecule has 0 aliphatic carbocycles. The lowest BCUT2D eigenvalue weighted by molar-refractivity contribution is -0.116. The number of carbonyl (C=O) groups is 1. The predicted molar refractivity (Wildman–Crippen MR) is 131 cm³/mol. The highest BCUT2D eigenvalue weighted by atomic mass is 35.5. The zero-order valence-electron chi connectivity index (χ0n) is 18.9. The van der Waals surface area contributed by atoms with Gasteiger partial charge in [0.25, 0.3) is 0 Å². The molecule has 3 aromatic rings. The molecule has 0 radical (unpaired) electrons. The average Bonchev–Trinajstić information content (AvgIpc) is 2.82. The molecule has 0 bridgehead atoms. The molecule has 2 heterocycles. The minimum atomic E-state index is -0.696. The van der Waals surface area contributed by atoms with Crippen LogP contribution >= 0.6 is 11.6 Å². The van der Waals surface area contributed by atoms with E-state index in [9.17, 15) is 19.5 Å². The molecule has 1 aliphatic heterocycles. The van der Waals surface area contributed by atoms with E-state index in [1.54, 1.807) is 50.2 Å². The molecule has 3 N–H and O–H groups in total. The highest BCUT2D eigenvalue weighted by Gasteiger charge is 2.22. The van der Waals surface area contributed by atoms with Crippen LogP contribution in [0.25, 0.3) is 0 Å². The van der Waals surface area contributed by atoms with E-state index in [1.165, 1.54) is 4.57 Å². The quantitative estimate of drug-likeness (QED) is 0.475. The van der Waals surface area contributed by atoms with E-state index in [0.717, 1.165) is 21.4 Å². The summed E-state index contributed by atoms with van der Waals surface area (Å²) in [5, 5.41) is 16.1. The molecular weight excluding hydrogens is 458 g/mol. The van der Waals surface area contributed by atoms with Crippen LogP contribution in [-0.2, 0) is 17.8 Å². The van der Waals surface area contributed by atoms with Crippen LogP contribution < -0.4 is 22.0 Å². The minimum Gasteiger partial charge on any atom is -0.396 e. The number of aliphatic hydroxyl groups is 1. The molecule has 9 nitrogen and oxygen atoms in total. The maximum Gasteiger partial charge on any atom is 0.355 e. The van der Waals surface area contributed by atoms with Gasteiger partial charge in [-0.3, -0.25) is 9.36 Å². The van der Waals surface area contributed by atoms with Crippen molar-refractivity contribution in [3.05, 3.63) is 79.6 Å². The molecular formula is C24H26ClN5O4. The van der Waals surface area contributed by atoms with Gasteiger partial charge in [0.1, 0.15) is 0 Å². The number of fused-ring (bicyclic) bond motifs is 1. The zero-order chi connectivity index (χ0) is 24.4. The summed E-state index contributed by atoms with van der Waals surface area (Å²) in [5.41, 5.74) is 1.91. The molecule has 2 atom stereocenters. The lowest BCUT2D eigenvalue weighted by Crippen LogP contribution is -2.45. The molecule has 0 saturated heterocycles. The highest BCUT2D eigenvalue weighted by molar-refractivity contribution is 6.30. The molecule has 0 fully saturated rings. The van der Waals surface area contributed by atoms with Crippen molar-refractivity contribution in [2.24, 2.45) is 5.92 Å². The van der Waals surface area contributed by atoms with Crippen LogP contribution in [0, 0.1) is 5.92 Å². The molecule has 0 unspecified atom stereocenters. The Morgan fingerprint density at radius 1 is 1.12 bits per heavy atom. The van der Waals surface area contributed by atoms with E-state index in [-0.39, 0.29) is 30.9 Å². The first-order valence-corrected chi connectivity index (χ1v) is 11.4. The largest absolute Gasteiger partial charge is 0.396 e. The number of nitrogens with one attached hydrogen (secondary N) is 2. The van der Waals surface area contributed by atoms with Gasteiger partial charge in [0.05, 0.1) is 6.54 Å². The molecule has 2 aromatic carbocycles. The van der Waals surface area contributed by atoms with Gasteiger partial charge in [-0.1, -0.05) is 30.7 Å². The smallest absolute Gasteiger partial charge is 0.355 e. The molecule has 178 valence electrons. The van der Waals surface area contributed by atoms with Gasteiger partial charge in [-0.25, -0.2) is 14.2 Å². The number of aliphatic hydroxyl groups excluding tert-OH is 1. The number of anilines is 3. The van der Waals surface area contributed by atoms with Gasteiger partial charge in [0.15, 0.2) is 0 Å². The number of hydrogen-bond donors (Lipinski definition) is 3. The van der Waals surface area contributed by atoms with E-state index in [0.29, 0.717) is 23.6 Å². The Hall–Kier alpha value is -3.43. The molecule has 34 heavy (non-hydrogen) atoms. The van der Waals surface area contributed by atoms with Crippen LogP contribution in [0.3, 0.4) is 0 Å². The first-order valence-electron chi connectivity index (χ1n) is 11.0. The summed E-state index contributed by atoms with van der Waals surface area (Å²) in [6.45, 7) is 3.46. The Balaban J connectivity index is 1.78. The van der Waals surface area contributed by atoms with Gasteiger partial charge in [-0.05, 0) is 54.8 Å². The average molecular weight is 484 g/mol. The summed E-state index contributed by atoms with van der Waals surface area (Å²) in [7, 11) is 0. The number of benzene rings is 2. The summed E-state index contributed by atoms with van der Waals surface area (Å²) in [6, 6.07) is 11.9. The number of aryl methyl sites for hydroxylation is 1. The van der Waals surface area contributed by atoms with Crippen molar-refractivity contribution in [2.45, 2.75) is 39.3 Å². The fraction of sp³-hybridized carbons (Fsp3) is 0.333. The van der Waals surface area contributed by atoms with Gasteiger partial charge in [0, 0.05) is 41.4 Å². The van der Waals surface area contributed by atoms with Gasteiger partial charge in [-0.2, -0.15) is 4.98 Å². The number of amides is 1. The monoisotopic (exact) mass is 483 g/mol. The predicted octanol–water partition coefficient (Wildman–Crippen LogP) is 2.92. The Kier molecular flexibility index (Phi) is 6.85. The molecule has 10 heteroatoms. The number of halogens is 1. The lowest BCUT2D eigenvalue weighted by Gasteiger charge is -2.22. The Morgan fingerprint density at radius 2 is 1.85 bits per heavy atom. The lowest BCUT2D eigenvalue weighted by atomic mass is 10.0. The number of aromatic nitrogens is 3. The number of rotatable bonds is 7. The topological polar surface area (TPSA) is 118 Å². The van der Waals surface area contributed by atoms with Crippen LogP contribution in [0.1, 0.15) is 37.4 Å². The summed E-state index contributed by atoms with van der Waals surface area (Å²) >= 11 is 6.00. The summed E-state index contributed by atoms with van der Waals surface area (Å²) in [5.74, 6) is -0.239. The van der Waals surface area contributed by atoms with E-state index in [4.69, 9.17) is 11.6 Å². The number of carbonyl (C=O) groups excluding carboxylic acids is 1. The van der Waals surface area contributed by atoms with Crippen LogP contribution in [-0.4, -0.2) is 31.7 Å². The summed E-state index contributed by atoms with van der Waals surface area (Å²) in [6.07, 6.45) is 0.993. The molecule has 4 rings (SSSR count). The van der Waals surface area contributed by atoms with Crippen LogP contribution in [0.5, 0.6) is 0 Å². The molecule has 1 aliphatic rings. The molecule has 0 saturated carbocycles. The Labute approximate surface area is 201 Å². The van der Waals surface area contributed by atoms with Crippen molar-refractivity contribution in [3.8, 4) is 0 Å². The van der Waals surface area contributed by atoms with Gasteiger partial charge >= 0.3 is 11.4 Å². The Morgan fingerprint density at radius 3 is 2.56 bits per heavy atom. The number of hydrogen-bond acceptors (Lipinski definition) is 6. The fourth-order valence-corrected chi connectivity index (χ4v) is 3.99. The van der Waals surface area contributed by atoms with Crippen LogP contribution in [0.2, 0.25) is 5.02 Å². The van der Waals surface area contributed by atoms with Crippen LogP contribution in [0.15, 0.2) is 52.1 Å². The van der Waals surface area contributed by atoms with Crippen molar-refractivity contribution in [3.63, 3.8) is 0 Å². The normalized spacial score (nSPS) is 14.8. The maximum atomic E-state index is 13.5. The van der Waals surface area contributed by atoms with E-state index >= 15 is 0 Å². The van der Waals surface area contributed by atoms with E-state index < -0.39 is 17.4 Å². The van der Waals surface area contributed by atoms with Crippen molar-refractivity contribution < 1.29 is 9.90 Å². The van der Waals surface area contributed by atoms with Crippen molar-refractivity contribution in [1.29, 1.82) is 0 Å². The molecule has 0 spiro atoms. The van der Waals surface area contributed by atoms with Gasteiger partial charge in [0.2, 0.25) is 11.9 Å². The molecule has 1 amide bonds. The van der Waals surface area contributed by atoms with Crippen LogP contribution in [0.4, 0.5) is 17.3 Å². The summed E-state index contributed by atoms with van der Waals surface area (Å²) in [4.78, 5) is 42.2. The molecule has 1 aromatic heterocycles. The third-order valence-corrected chi connectivity index (χ3v) is 6.38. The van der Waals surface area contributed by atoms with Gasteiger partial charge in [-0.15, -0.1) is 0 Å². The first kappa shape index (κ1) is 23.7. The second-order valence-corrected chi connectivity index (χ2v) is 8.97.